The first kappa shape index (κ1) is 12.2. The van der Waals surface area contributed by atoms with Crippen molar-refractivity contribution in [2.75, 3.05) is 0 Å². The lowest BCUT2D eigenvalue weighted by atomic mass is 9.87. The van der Waals surface area contributed by atoms with Crippen molar-refractivity contribution in [3.05, 3.63) is 18.0 Å². The van der Waals surface area contributed by atoms with Gasteiger partial charge in [-0.1, -0.05) is 34.6 Å². The van der Waals surface area contributed by atoms with E-state index in [1.165, 1.54) is 5.69 Å². The second-order valence-electron chi connectivity index (χ2n) is 3.61. The molecule has 0 aliphatic carbocycles. The Morgan fingerprint density at radius 1 is 1.38 bits per heavy atom. The maximum atomic E-state index is 4.37. The van der Waals surface area contributed by atoms with Gasteiger partial charge < -0.3 is 0 Å². The summed E-state index contributed by atoms with van der Waals surface area (Å²) in [5.74, 6) is 0. The number of aryl methyl sites for hydroxylation is 1. The van der Waals surface area contributed by atoms with E-state index in [2.05, 4.69) is 31.9 Å². The Balaban J connectivity index is 0.000000671. The van der Waals surface area contributed by atoms with Crippen LogP contribution in [0.5, 0.6) is 0 Å². The van der Waals surface area contributed by atoms with Crippen LogP contribution >= 0.6 is 0 Å². The normalized spacial score (nSPS) is 10.6. The highest BCUT2D eigenvalue weighted by molar-refractivity contribution is 5.11. The van der Waals surface area contributed by atoms with Crippen molar-refractivity contribution in [1.82, 2.24) is 9.78 Å². The molecule has 76 valence electrons. The maximum Gasteiger partial charge on any atom is 0.0680 e. The average Bonchev–Trinajstić information content (AvgIpc) is 2.56. The molecule has 0 saturated heterocycles. The summed E-state index contributed by atoms with van der Waals surface area (Å²) in [5, 5.41) is 4.37. The van der Waals surface area contributed by atoms with Crippen LogP contribution in [-0.4, -0.2) is 9.78 Å². The van der Waals surface area contributed by atoms with Gasteiger partial charge in [-0.2, -0.15) is 5.10 Å². The summed E-state index contributed by atoms with van der Waals surface area (Å²) in [7, 11) is 1.95. The van der Waals surface area contributed by atoms with Crippen molar-refractivity contribution in [1.29, 1.82) is 0 Å². The number of aromatic nitrogens is 2. The fraction of sp³-hybridized carbons (Fsp3) is 0.727. The summed E-state index contributed by atoms with van der Waals surface area (Å²) in [5.41, 5.74) is 1.41. The molecule has 0 amide bonds. The second kappa shape index (κ2) is 5.05. The Morgan fingerprint density at radius 3 is 2.23 bits per heavy atom. The summed E-state index contributed by atoms with van der Waals surface area (Å²) in [6.45, 7) is 10.6. The SMILES string of the molecule is CC.CCC(C)(C)c1ccn(C)n1. The molecule has 1 aromatic rings. The van der Waals surface area contributed by atoms with Crippen LogP contribution in [0, 0.1) is 0 Å². The number of nitrogens with zero attached hydrogens (tertiary/aromatic N) is 2. The minimum absolute atomic E-state index is 0.223. The van der Waals surface area contributed by atoms with Crippen molar-refractivity contribution in [3.8, 4) is 0 Å². The van der Waals surface area contributed by atoms with Gasteiger partial charge in [0.2, 0.25) is 0 Å². The predicted molar refractivity (Wildman–Crippen MR) is 57.9 cm³/mol. The van der Waals surface area contributed by atoms with Crippen molar-refractivity contribution in [2.24, 2.45) is 7.05 Å². The van der Waals surface area contributed by atoms with Gasteiger partial charge in [-0.25, -0.2) is 0 Å². The van der Waals surface area contributed by atoms with Gasteiger partial charge in [-0.05, 0) is 12.5 Å². The molecule has 0 radical (unpaired) electrons. The van der Waals surface area contributed by atoms with E-state index in [1.807, 2.05) is 31.8 Å². The molecule has 13 heavy (non-hydrogen) atoms. The molecular formula is C11H22N2. The van der Waals surface area contributed by atoms with E-state index in [4.69, 9.17) is 0 Å². The molecule has 0 aliphatic rings. The smallest absolute Gasteiger partial charge is 0.0680 e. The lowest BCUT2D eigenvalue weighted by Crippen LogP contribution is -2.16. The van der Waals surface area contributed by atoms with Gasteiger partial charge >= 0.3 is 0 Å². The molecule has 1 rings (SSSR count). The third-order valence-electron chi connectivity index (χ3n) is 2.29. The molecule has 0 fully saturated rings. The van der Waals surface area contributed by atoms with Crippen LogP contribution in [-0.2, 0) is 12.5 Å². The van der Waals surface area contributed by atoms with E-state index in [0.717, 1.165) is 6.42 Å². The molecule has 0 atom stereocenters. The summed E-state index contributed by atoms with van der Waals surface area (Å²) in [4.78, 5) is 0. The maximum absolute atomic E-state index is 4.37. The first-order chi connectivity index (χ1) is 6.06. The van der Waals surface area contributed by atoms with Crippen LogP contribution in [0.1, 0.15) is 46.7 Å². The van der Waals surface area contributed by atoms with Crippen LogP contribution in [0.2, 0.25) is 0 Å². The Kier molecular flexibility index (Phi) is 4.74. The first-order valence-corrected chi connectivity index (χ1v) is 5.06. The van der Waals surface area contributed by atoms with Gasteiger partial charge in [0.05, 0.1) is 5.69 Å². The molecule has 1 aromatic heterocycles. The summed E-state index contributed by atoms with van der Waals surface area (Å²) in [6, 6.07) is 2.09. The van der Waals surface area contributed by atoms with Crippen molar-refractivity contribution < 1.29 is 0 Å². The largest absolute Gasteiger partial charge is 0.276 e. The van der Waals surface area contributed by atoms with Crippen LogP contribution in [0.15, 0.2) is 12.3 Å². The highest BCUT2D eigenvalue weighted by Crippen LogP contribution is 2.24. The molecule has 0 aromatic carbocycles. The Bertz CT molecular complexity index is 236. The summed E-state index contributed by atoms with van der Waals surface area (Å²) < 4.78 is 1.85. The molecule has 0 saturated carbocycles. The predicted octanol–water partition coefficient (Wildman–Crippen LogP) is 3.13. The van der Waals surface area contributed by atoms with Crippen LogP contribution in [0.25, 0.3) is 0 Å². The molecule has 0 bridgehead atoms. The lowest BCUT2D eigenvalue weighted by Gasteiger charge is -2.19. The Labute approximate surface area is 82.0 Å². The van der Waals surface area contributed by atoms with E-state index < -0.39 is 0 Å². The quantitative estimate of drug-likeness (QED) is 0.687. The fourth-order valence-corrected chi connectivity index (χ4v) is 0.957. The van der Waals surface area contributed by atoms with E-state index in [0.29, 0.717) is 0 Å². The minimum atomic E-state index is 0.223. The monoisotopic (exact) mass is 182 g/mol. The summed E-state index contributed by atoms with van der Waals surface area (Å²) in [6.07, 6.45) is 3.12. The van der Waals surface area contributed by atoms with E-state index in [9.17, 15) is 0 Å². The molecular weight excluding hydrogens is 160 g/mol. The fourth-order valence-electron chi connectivity index (χ4n) is 0.957. The Hall–Kier alpha value is -0.790. The van der Waals surface area contributed by atoms with Gasteiger partial charge in [0.25, 0.3) is 0 Å². The van der Waals surface area contributed by atoms with E-state index in [1.54, 1.807) is 0 Å². The summed E-state index contributed by atoms with van der Waals surface area (Å²) >= 11 is 0. The zero-order valence-electron chi connectivity index (χ0n) is 9.76. The minimum Gasteiger partial charge on any atom is -0.276 e. The third kappa shape index (κ3) is 3.21. The topological polar surface area (TPSA) is 17.8 Å². The highest BCUT2D eigenvalue weighted by Gasteiger charge is 2.20. The molecule has 0 spiro atoms. The van der Waals surface area contributed by atoms with Gasteiger partial charge in [-0.15, -0.1) is 0 Å². The van der Waals surface area contributed by atoms with Crippen LogP contribution in [0.4, 0.5) is 0 Å². The number of rotatable bonds is 2. The van der Waals surface area contributed by atoms with E-state index in [-0.39, 0.29) is 5.41 Å². The van der Waals surface area contributed by atoms with Crippen LogP contribution in [0.3, 0.4) is 0 Å². The van der Waals surface area contributed by atoms with Gasteiger partial charge in [-0.3, -0.25) is 4.68 Å². The van der Waals surface area contributed by atoms with Gasteiger partial charge in [0, 0.05) is 18.7 Å². The molecule has 2 nitrogen and oxygen atoms in total. The highest BCUT2D eigenvalue weighted by atomic mass is 15.2. The van der Waals surface area contributed by atoms with E-state index >= 15 is 0 Å². The Morgan fingerprint density at radius 2 is 1.92 bits per heavy atom. The molecule has 1 heterocycles. The first-order valence-electron chi connectivity index (χ1n) is 5.06. The zero-order chi connectivity index (χ0) is 10.5. The van der Waals surface area contributed by atoms with Gasteiger partial charge in [0.1, 0.15) is 0 Å². The van der Waals surface area contributed by atoms with Gasteiger partial charge in [0.15, 0.2) is 0 Å². The van der Waals surface area contributed by atoms with Crippen LogP contribution < -0.4 is 0 Å². The average molecular weight is 182 g/mol. The zero-order valence-corrected chi connectivity index (χ0v) is 9.76. The number of hydrogen-bond donors (Lipinski definition) is 0. The second-order valence-corrected chi connectivity index (χ2v) is 3.61. The molecule has 0 N–H and O–H groups in total. The molecule has 0 unspecified atom stereocenters. The molecule has 2 heteroatoms. The van der Waals surface area contributed by atoms with Crippen molar-refractivity contribution in [3.63, 3.8) is 0 Å². The number of hydrogen-bond acceptors (Lipinski definition) is 1. The van der Waals surface area contributed by atoms with Crippen molar-refractivity contribution >= 4 is 0 Å². The standard InChI is InChI=1S/C9H16N2.C2H6/c1-5-9(2,3)8-6-7-11(4)10-8;1-2/h6-7H,5H2,1-4H3;1-2H3. The lowest BCUT2D eigenvalue weighted by molar-refractivity contribution is 0.482. The third-order valence-corrected chi connectivity index (χ3v) is 2.29. The molecule has 0 aliphatic heterocycles. The van der Waals surface area contributed by atoms with Crippen molar-refractivity contribution in [2.45, 2.75) is 46.5 Å².